The zero-order valence-electron chi connectivity index (χ0n) is 24.5. The first-order valence-corrected chi connectivity index (χ1v) is 15.0. The number of aryl methyl sites for hydroxylation is 3. The summed E-state index contributed by atoms with van der Waals surface area (Å²) in [6.45, 7) is 8.96. The van der Waals surface area contributed by atoms with Crippen LogP contribution in [0.3, 0.4) is 0 Å². The first-order valence-electron chi connectivity index (χ1n) is 15.0. The van der Waals surface area contributed by atoms with E-state index in [9.17, 15) is 9.59 Å². The minimum atomic E-state index is -0.473. The van der Waals surface area contributed by atoms with E-state index in [1.54, 1.807) is 0 Å². The number of aromatic nitrogens is 1. The van der Waals surface area contributed by atoms with Crippen molar-refractivity contribution in [3.63, 3.8) is 0 Å². The molecular formula is C35H39NO5. The molecule has 2 atom stereocenters. The summed E-state index contributed by atoms with van der Waals surface area (Å²) in [4.78, 5) is 27.2. The molecule has 2 aromatic carbocycles. The average molecular weight is 554 g/mol. The Kier molecular flexibility index (Phi) is 6.11. The molecule has 0 saturated heterocycles. The van der Waals surface area contributed by atoms with Crippen molar-refractivity contribution in [2.75, 3.05) is 13.4 Å². The van der Waals surface area contributed by atoms with Crippen molar-refractivity contribution < 1.29 is 23.8 Å². The highest BCUT2D eigenvalue weighted by Crippen LogP contribution is 2.66. The molecule has 214 valence electrons. The van der Waals surface area contributed by atoms with Crippen LogP contribution in [0.4, 0.5) is 0 Å². The fourth-order valence-electron chi connectivity index (χ4n) is 8.82. The Hall–Kier alpha value is -3.54. The Bertz CT molecular complexity index is 1550. The van der Waals surface area contributed by atoms with Gasteiger partial charge in [0.2, 0.25) is 12.6 Å². The number of ether oxygens (including phenoxy) is 3. The minimum absolute atomic E-state index is 0.0468. The molecule has 2 unspecified atom stereocenters. The first-order chi connectivity index (χ1) is 19.6. The number of carbonyl (C=O) groups excluding carboxylic acids is 2. The SMILES string of the molecule is Cc1ccc(C23CC4CC(CC(C(=O)OCC(=O)c5cc(C)n(Cc6ccc7c(c6)OCO7)c5C)(C4)C2)C3)cc1C. The average Bonchev–Trinajstić information content (AvgIpc) is 3.52. The Balaban J connectivity index is 1.06. The maximum atomic E-state index is 13.8. The van der Waals surface area contributed by atoms with Crippen LogP contribution in [0.5, 0.6) is 11.5 Å². The van der Waals surface area contributed by atoms with Gasteiger partial charge in [-0.25, -0.2) is 0 Å². The van der Waals surface area contributed by atoms with Crippen LogP contribution in [-0.2, 0) is 21.5 Å². The van der Waals surface area contributed by atoms with E-state index in [1.165, 1.54) is 23.1 Å². The molecule has 1 aromatic heterocycles. The standard InChI is InChI=1S/C35H39NO5/c1-21-5-7-28(9-22(21)2)34-13-26-11-27(14-34)16-35(15-26,19-34)33(38)39-18-30(37)29-10-23(3)36(24(29)4)17-25-6-8-31-32(12-25)41-20-40-31/h5-10,12,26-27H,11,13-20H2,1-4H3. The van der Waals surface area contributed by atoms with Gasteiger partial charge in [-0.2, -0.15) is 0 Å². The van der Waals surface area contributed by atoms with Gasteiger partial charge in [0.1, 0.15) is 0 Å². The van der Waals surface area contributed by atoms with Gasteiger partial charge in [-0.3, -0.25) is 9.59 Å². The van der Waals surface area contributed by atoms with Gasteiger partial charge in [0.05, 0.1) is 5.41 Å². The summed E-state index contributed by atoms with van der Waals surface area (Å²) in [5.41, 5.74) is 7.14. The second kappa shape index (κ2) is 9.50. The van der Waals surface area contributed by atoms with E-state index < -0.39 is 5.41 Å². The molecule has 4 fully saturated rings. The van der Waals surface area contributed by atoms with E-state index in [-0.39, 0.29) is 30.6 Å². The van der Waals surface area contributed by atoms with E-state index in [0.717, 1.165) is 60.6 Å². The number of Topliss-reactive ketones (excluding diaryl/α,β-unsaturated/α-hetero) is 1. The van der Waals surface area contributed by atoms with E-state index in [1.807, 2.05) is 38.1 Å². The van der Waals surface area contributed by atoms with Crippen LogP contribution in [-0.4, -0.2) is 29.7 Å². The lowest BCUT2D eigenvalue weighted by molar-refractivity contribution is -0.172. The highest BCUT2D eigenvalue weighted by atomic mass is 16.7. The largest absolute Gasteiger partial charge is 0.457 e. The van der Waals surface area contributed by atoms with Gasteiger partial charge < -0.3 is 18.8 Å². The third kappa shape index (κ3) is 4.38. The van der Waals surface area contributed by atoms with Crippen LogP contribution >= 0.6 is 0 Å². The fourth-order valence-corrected chi connectivity index (χ4v) is 8.82. The van der Waals surface area contributed by atoms with Crippen molar-refractivity contribution in [3.05, 3.63) is 81.7 Å². The number of esters is 1. The number of rotatable bonds is 7. The van der Waals surface area contributed by atoms with Gasteiger partial charge in [-0.15, -0.1) is 0 Å². The van der Waals surface area contributed by atoms with Gasteiger partial charge >= 0.3 is 5.97 Å². The zero-order chi connectivity index (χ0) is 28.5. The van der Waals surface area contributed by atoms with Crippen molar-refractivity contribution in [2.24, 2.45) is 17.3 Å². The summed E-state index contributed by atoms with van der Waals surface area (Å²) in [5, 5.41) is 0. The molecule has 6 heteroatoms. The van der Waals surface area contributed by atoms with Gasteiger partial charge in [-0.1, -0.05) is 24.3 Å². The maximum Gasteiger partial charge on any atom is 0.312 e. The molecule has 6 nitrogen and oxygen atoms in total. The predicted molar refractivity (Wildman–Crippen MR) is 156 cm³/mol. The number of benzene rings is 2. The molecule has 4 aliphatic carbocycles. The Labute approximate surface area is 242 Å². The molecule has 0 spiro atoms. The van der Waals surface area contributed by atoms with Crippen molar-refractivity contribution in [1.29, 1.82) is 0 Å². The molecule has 0 N–H and O–H groups in total. The van der Waals surface area contributed by atoms with Crippen molar-refractivity contribution in [2.45, 2.75) is 78.2 Å². The fraction of sp³-hybridized carbons (Fsp3) is 0.486. The van der Waals surface area contributed by atoms with Crippen molar-refractivity contribution in [1.82, 2.24) is 4.57 Å². The summed E-state index contributed by atoms with van der Waals surface area (Å²) in [6.07, 6.45) is 6.17. The lowest BCUT2D eigenvalue weighted by atomic mass is 9.43. The lowest BCUT2D eigenvalue weighted by Gasteiger charge is -2.61. The Morgan fingerprint density at radius 2 is 1.66 bits per heavy atom. The van der Waals surface area contributed by atoms with E-state index in [2.05, 4.69) is 36.6 Å². The highest BCUT2D eigenvalue weighted by molar-refractivity contribution is 5.99. The maximum absolute atomic E-state index is 13.8. The van der Waals surface area contributed by atoms with Crippen LogP contribution < -0.4 is 9.47 Å². The predicted octanol–water partition coefficient (Wildman–Crippen LogP) is 6.76. The van der Waals surface area contributed by atoms with Gasteiger partial charge in [0, 0.05) is 23.5 Å². The highest BCUT2D eigenvalue weighted by Gasteiger charge is 2.61. The smallest absolute Gasteiger partial charge is 0.312 e. The molecular weight excluding hydrogens is 514 g/mol. The molecule has 0 radical (unpaired) electrons. The molecule has 41 heavy (non-hydrogen) atoms. The van der Waals surface area contributed by atoms with Crippen LogP contribution in [0.15, 0.2) is 42.5 Å². The van der Waals surface area contributed by atoms with Gasteiger partial charge in [0.15, 0.2) is 18.1 Å². The number of hydrogen-bond donors (Lipinski definition) is 0. The van der Waals surface area contributed by atoms with Gasteiger partial charge in [0.25, 0.3) is 0 Å². The zero-order valence-corrected chi connectivity index (χ0v) is 24.5. The topological polar surface area (TPSA) is 66.8 Å². The Morgan fingerprint density at radius 1 is 0.902 bits per heavy atom. The van der Waals surface area contributed by atoms with E-state index in [4.69, 9.17) is 14.2 Å². The summed E-state index contributed by atoms with van der Waals surface area (Å²) >= 11 is 0. The number of fused-ring (bicyclic) bond motifs is 1. The molecule has 5 aliphatic rings. The molecule has 3 aromatic rings. The normalized spacial score (nSPS) is 27.3. The molecule has 4 bridgehead atoms. The van der Waals surface area contributed by atoms with Crippen LogP contribution in [0.25, 0.3) is 0 Å². The molecule has 1 aliphatic heterocycles. The molecule has 8 rings (SSSR count). The number of ketones is 1. The quantitative estimate of drug-likeness (QED) is 0.239. The minimum Gasteiger partial charge on any atom is -0.457 e. The lowest BCUT2D eigenvalue weighted by Crippen LogP contribution is -2.57. The monoisotopic (exact) mass is 553 g/mol. The summed E-state index contributed by atoms with van der Waals surface area (Å²) < 4.78 is 19.0. The summed E-state index contributed by atoms with van der Waals surface area (Å²) in [5.74, 6) is 2.30. The Morgan fingerprint density at radius 3 is 2.41 bits per heavy atom. The van der Waals surface area contributed by atoms with Crippen molar-refractivity contribution >= 4 is 11.8 Å². The molecule has 2 heterocycles. The van der Waals surface area contributed by atoms with Crippen LogP contribution in [0, 0.1) is 44.9 Å². The van der Waals surface area contributed by atoms with Crippen LogP contribution in [0.2, 0.25) is 0 Å². The van der Waals surface area contributed by atoms with Crippen molar-refractivity contribution in [3.8, 4) is 11.5 Å². The second-order valence-electron chi connectivity index (χ2n) is 13.4. The van der Waals surface area contributed by atoms with E-state index >= 15 is 0 Å². The third-order valence-corrected chi connectivity index (χ3v) is 10.6. The number of carbonyl (C=O) groups is 2. The second-order valence-corrected chi connectivity index (χ2v) is 13.4. The number of hydrogen-bond acceptors (Lipinski definition) is 5. The molecule has 4 saturated carbocycles. The van der Waals surface area contributed by atoms with Gasteiger partial charge in [-0.05, 0) is 124 Å². The van der Waals surface area contributed by atoms with Crippen LogP contribution in [0.1, 0.15) is 82.5 Å². The number of nitrogens with zero attached hydrogens (tertiary/aromatic N) is 1. The summed E-state index contributed by atoms with van der Waals surface area (Å²) in [6, 6.07) is 14.7. The third-order valence-electron chi connectivity index (χ3n) is 10.6. The molecule has 0 amide bonds. The van der Waals surface area contributed by atoms with E-state index in [0.29, 0.717) is 23.9 Å². The first kappa shape index (κ1) is 26.4. The summed E-state index contributed by atoms with van der Waals surface area (Å²) in [7, 11) is 0.